The van der Waals surface area contributed by atoms with Gasteiger partial charge in [0.25, 0.3) is 0 Å². The largest absolute Gasteiger partial charge is 0.481 e. The van der Waals surface area contributed by atoms with Gasteiger partial charge in [0.1, 0.15) is 5.41 Å². The summed E-state index contributed by atoms with van der Waals surface area (Å²) in [5.41, 5.74) is -0.695. The smallest absolute Gasteiger partial charge is 0.313 e. The number of likely N-dealkylation sites (N-methyl/N-ethyl adjacent to an activating group) is 1. The number of carboxylic acid groups (broad SMARTS) is 1. The van der Waals surface area contributed by atoms with Crippen LogP contribution in [0.25, 0.3) is 0 Å². The first-order valence-corrected chi connectivity index (χ1v) is 7.14. The van der Waals surface area contributed by atoms with E-state index in [0.717, 1.165) is 25.9 Å². The summed E-state index contributed by atoms with van der Waals surface area (Å²) >= 11 is 0. The van der Waals surface area contributed by atoms with Crippen LogP contribution in [-0.4, -0.2) is 73.9 Å². The molecule has 0 aliphatic carbocycles. The minimum absolute atomic E-state index is 0.361. The van der Waals surface area contributed by atoms with E-state index >= 15 is 0 Å². The van der Waals surface area contributed by atoms with Crippen LogP contribution in [0.3, 0.4) is 0 Å². The van der Waals surface area contributed by atoms with Crippen LogP contribution in [0, 0.1) is 11.3 Å². The highest BCUT2D eigenvalue weighted by atomic mass is 16.5. The zero-order chi connectivity index (χ0) is 14.0. The average Bonchev–Trinajstić information content (AvgIpc) is 2.71. The second-order valence-corrected chi connectivity index (χ2v) is 6.44. The summed E-state index contributed by atoms with van der Waals surface area (Å²) in [6, 6.07) is 0.523. The van der Waals surface area contributed by atoms with E-state index in [0.29, 0.717) is 31.7 Å². The topological polar surface area (TPSA) is 53.0 Å². The Labute approximate surface area is 115 Å². The van der Waals surface area contributed by atoms with E-state index in [2.05, 4.69) is 30.8 Å². The summed E-state index contributed by atoms with van der Waals surface area (Å²) < 4.78 is 5.44. The third-order valence-corrected chi connectivity index (χ3v) is 4.61. The van der Waals surface area contributed by atoms with Crippen molar-refractivity contribution in [1.29, 1.82) is 0 Å². The number of carbonyl (C=O) groups is 1. The van der Waals surface area contributed by atoms with Gasteiger partial charge in [0.2, 0.25) is 0 Å². The van der Waals surface area contributed by atoms with Crippen LogP contribution in [0.4, 0.5) is 0 Å². The molecule has 0 saturated carbocycles. The Hall–Kier alpha value is -0.650. The Morgan fingerprint density at radius 3 is 2.68 bits per heavy atom. The standard InChI is InChI=1S/C14H26N2O3/c1-11-7-16(8-12(11)15(2)3)9-14(13(17)18)5-4-6-19-10-14/h11-12H,4-10H2,1-3H3,(H,17,18). The maximum absolute atomic E-state index is 11.6. The van der Waals surface area contributed by atoms with Gasteiger partial charge in [0, 0.05) is 32.3 Å². The monoisotopic (exact) mass is 270 g/mol. The lowest BCUT2D eigenvalue weighted by molar-refractivity contribution is -0.159. The average molecular weight is 270 g/mol. The van der Waals surface area contributed by atoms with Crippen LogP contribution >= 0.6 is 0 Å². The van der Waals surface area contributed by atoms with Gasteiger partial charge >= 0.3 is 5.97 Å². The highest BCUT2D eigenvalue weighted by Gasteiger charge is 2.44. The van der Waals surface area contributed by atoms with E-state index in [1.807, 2.05) is 0 Å². The minimum atomic E-state index is -0.701. The first kappa shape index (κ1) is 14.8. The lowest BCUT2D eigenvalue weighted by Gasteiger charge is -2.36. The zero-order valence-corrected chi connectivity index (χ0v) is 12.3. The van der Waals surface area contributed by atoms with Gasteiger partial charge in [0.15, 0.2) is 0 Å². The Morgan fingerprint density at radius 1 is 1.47 bits per heavy atom. The van der Waals surface area contributed by atoms with Gasteiger partial charge < -0.3 is 19.6 Å². The fourth-order valence-electron chi connectivity index (χ4n) is 3.49. The molecule has 0 bridgehead atoms. The molecule has 2 aliphatic rings. The molecule has 5 nitrogen and oxygen atoms in total. The minimum Gasteiger partial charge on any atom is -0.481 e. The summed E-state index contributed by atoms with van der Waals surface area (Å²) in [6.07, 6.45) is 1.59. The van der Waals surface area contributed by atoms with Crippen LogP contribution in [0.15, 0.2) is 0 Å². The number of nitrogens with zero attached hydrogens (tertiary/aromatic N) is 2. The summed E-state index contributed by atoms with van der Waals surface area (Å²) in [6.45, 7) is 5.87. The number of hydrogen-bond donors (Lipinski definition) is 1. The van der Waals surface area contributed by atoms with E-state index in [1.54, 1.807) is 0 Å². The van der Waals surface area contributed by atoms with Crippen molar-refractivity contribution in [3.63, 3.8) is 0 Å². The van der Waals surface area contributed by atoms with Crippen LogP contribution < -0.4 is 0 Å². The second kappa shape index (κ2) is 5.77. The van der Waals surface area contributed by atoms with E-state index in [-0.39, 0.29) is 0 Å². The Bertz CT molecular complexity index is 327. The molecule has 3 atom stereocenters. The molecule has 0 amide bonds. The van der Waals surface area contributed by atoms with Gasteiger partial charge in [0.05, 0.1) is 6.61 Å². The Balaban J connectivity index is 2.01. The van der Waals surface area contributed by atoms with Crippen molar-refractivity contribution in [3.8, 4) is 0 Å². The van der Waals surface area contributed by atoms with Crippen LogP contribution in [-0.2, 0) is 9.53 Å². The maximum Gasteiger partial charge on any atom is 0.313 e. The second-order valence-electron chi connectivity index (χ2n) is 6.44. The first-order valence-electron chi connectivity index (χ1n) is 7.14. The molecule has 2 aliphatic heterocycles. The zero-order valence-electron chi connectivity index (χ0n) is 12.3. The third kappa shape index (κ3) is 3.09. The van der Waals surface area contributed by atoms with E-state index in [9.17, 15) is 9.90 Å². The summed E-state index contributed by atoms with van der Waals surface area (Å²) in [7, 11) is 4.20. The molecule has 2 heterocycles. The van der Waals surface area contributed by atoms with Crippen molar-refractivity contribution in [2.45, 2.75) is 25.8 Å². The van der Waals surface area contributed by atoms with Crippen molar-refractivity contribution in [2.24, 2.45) is 11.3 Å². The van der Waals surface area contributed by atoms with Gasteiger partial charge in [-0.15, -0.1) is 0 Å². The Kier molecular flexibility index (Phi) is 4.48. The fraction of sp³-hybridized carbons (Fsp3) is 0.929. The van der Waals surface area contributed by atoms with Gasteiger partial charge in [-0.1, -0.05) is 6.92 Å². The molecule has 19 heavy (non-hydrogen) atoms. The molecule has 0 aromatic heterocycles. The van der Waals surface area contributed by atoms with Gasteiger partial charge in [-0.2, -0.15) is 0 Å². The molecule has 0 aromatic carbocycles. The molecule has 5 heteroatoms. The number of hydrogen-bond acceptors (Lipinski definition) is 4. The molecule has 2 fully saturated rings. The van der Waals surface area contributed by atoms with Crippen molar-refractivity contribution in [2.75, 3.05) is 46.9 Å². The lowest BCUT2D eigenvalue weighted by atomic mass is 9.82. The Morgan fingerprint density at radius 2 is 2.21 bits per heavy atom. The number of rotatable bonds is 4. The van der Waals surface area contributed by atoms with Gasteiger partial charge in [-0.05, 0) is 32.9 Å². The molecular formula is C14H26N2O3. The summed E-state index contributed by atoms with van der Waals surface area (Å²) in [4.78, 5) is 16.2. The number of likely N-dealkylation sites (tertiary alicyclic amines) is 1. The van der Waals surface area contributed by atoms with Crippen molar-refractivity contribution in [1.82, 2.24) is 9.80 Å². The molecule has 2 rings (SSSR count). The molecule has 0 aromatic rings. The molecule has 2 saturated heterocycles. The molecule has 3 unspecified atom stereocenters. The van der Waals surface area contributed by atoms with Crippen LogP contribution in [0.5, 0.6) is 0 Å². The summed E-state index contributed by atoms with van der Waals surface area (Å²) in [5, 5.41) is 9.57. The van der Waals surface area contributed by atoms with Crippen molar-refractivity contribution >= 4 is 5.97 Å². The number of ether oxygens (including phenoxy) is 1. The molecule has 110 valence electrons. The number of aliphatic carboxylic acids is 1. The van der Waals surface area contributed by atoms with E-state index in [4.69, 9.17) is 4.74 Å². The maximum atomic E-state index is 11.6. The van der Waals surface area contributed by atoms with Crippen LogP contribution in [0.1, 0.15) is 19.8 Å². The number of carboxylic acids is 1. The molecule has 0 spiro atoms. The first-order chi connectivity index (χ1) is 8.94. The SMILES string of the molecule is CC1CN(CC2(C(=O)O)CCCOC2)CC1N(C)C. The third-order valence-electron chi connectivity index (χ3n) is 4.61. The fourth-order valence-corrected chi connectivity index (χ4v) is 3.49. The molecule has 1 N–H and O–H groups in total. The van der Waals surface area contributed by atoms with Gasteiger partial charge in [-0.3, -0.25) is 4.79 Å². The summed E-state index contributed by atoms with van der Waals surface area (Å²) in [5.74, 6) is -0.112. The highest BCUT2D eigenvalue weighted by molar-refractivity contribution is 5.75. The normalized spacial score (nSPS) is 36.8. The molecule has 0 radical (unpaired) electrons. The lowest BCUT2D eigenvalue weighted by Crippen LogP contribution is -2.48. The van der Waals surface area contributed by atoms with E-state index in [1.165, 1.54) is 0 Å². The predicted octanol–water partition coefficient (Wildman–Crippen LogP) is 0.750. The van der Waals surface area contributed by atoms with Crippen molar-refractivity contribution < 1.29 is 14.6 Å². The molecular weight excluding hydrogens is 244 g/mol. The van der Waals surface area contributed by atoms with Crippen LogP contribution in [0.2, 0.25) is 0 Å². The van der Waals surface area contributed by atoms with Gasteiger partial charge in [-0.25, -0.2) is 0 Å². The van der Waals surface area contributed by atoms with Crippen molar-refractivity contribution in [3.05, 3.63) is 0 Å². The quantitative estimate of drug-likeness (QED) is 0.817. The highest BCUT2D eigenvalue weighted by Crippen LogP contribution is 2.32. The van der Waals surface area contributed by atoms with E-state index < -0.39 is 11.4 Å². The predicted molar refractivity (Wildman–Crippen MR) is 73.2 cm³/mol.